The lowest BCUT2D eigenvalue weighted by molar-refractivity contribution is 0.0668. The number of piperidine rings is 1. The molecule has 1 fully saturated rings. The van der Waals surface area contributed by atoms with Crippen molar-refractivity contribution in [1.82, 2.24) is 4.90 Å². The Hall–Kier alpha value is -0.480. The molecule has 80 valence electrons. The Morgan fingerprint density at radius 1 is 1.36 bits per heavy atom. The third kappa shape index (κ3) is 2.30. The van der Waals surface area contributed by atoms with Gasteiger partial charge in [-0.1, -0.05) is 26.2 Å². The van der Waals surface area contributed by atoms with Gasteiger partial charge in [0.15, 0.2) is 0 Å². The van der Waals surface area contributed by atoms with Gasteiger partial charge in [-0.15, -0.1) is 6.42 Å². The summed E-state index contributed by atoms with van der Waals surface area (Å²) in [6.45, 7) is 11.3. The predicted molar refractivity (Wildman–Crippen MR) is 62.1 cm³/mol. The molecule has 0 aromatic heterocycles. The molecular weight excluding hydrogens is 170 g/mol. The van der Waals surface area contributed by atoms with Gasteiger partial charge in [-0.05, 0) is 32.1 Å². The molecule has 0 bridgehead atoms. The maximum atomic E-state index is 5.55. The van der Waals surface area contributed by atoms with Gasteiger partial charge in [0.1, 0.15) is 0 Å². The third-order valence-corrected chi connectivity index (χ3v) is 3.97. The Balaban J connectivity index is 2.56. The first-order valence-electron chi connectivity index (χ1n) is 5.66. The van der Waals surface area contributed by atoms with Gasteiger partial charge in [-0.2, -0.15) is 0 Å². The van der Waals surface area contributed by atoms with E-state index in [0.717, 1.165) is 13.1 Å². The van der Waals surface area contributed by atoms with E-state index in [1.165, 1.54) is 19.3 Å². The molecular formula is C13H23N. The first-order chi connectivity index (χ1) is 6.43. The number of likely N-dealkylation sites (tertiary alicyclic amines) is 1. The minimum absolute atomic E-state index is 0.0604. The van der Waals surface area contributed by atoms with Crippen LogP contribution in [0.5, 0.6) is 0 Å². The molecule has 0 radical (unpaired) electrons. The summed E-state index contributed by atoms with van der Waals surface area (Å²) in [5, 5.41) is 0. The van der Waals surface area contributed by atoms with E-state index in [1.54, 1.807) is 0 Å². The molecule has 0 atom stereocenters. The molecule has 0 unspecified atom stereocenters. The van der Waals surface area contributed by atoms with Crippen LogP contribution < -0.4 is 0 Å². The molecule has 0 aromatic rings. The van der Waals surface area contributed by atoms with Crippen molar-refractivity contribution >= 4 is 0 Å². The molecule has 1 heterocycles. The summed E-state index contributed by atoms with van der Waals surface area (Å²) in [5.41, 5.74) is 0.496. The summed E-state index contributed by atoms with van der Waals surface area (Å²) in [6.07, 6.45) is 9.41. The monoisotopic (exact) mass is 193 g/mol. The van der Waals surface area contributed by atoms with Gasteiger partial charge in [-0.25, -0.2) is 0 Å². The number of terminal acetylenes is 1. The number of hydrogen-bond acceptors (Lipinski definition) is 1. The highest BCUT2D eigenvalue weighted by molar-refractivity contribution is 5.09. The zero-order chi connectivity index (χ0) is 10.8. The van der Waals surface area contributed by atoms with Gasteiger partial charge in [-0.3, -0.25) is 4.90 Å². The lowest BCUT2D eigenvalue weighted by atomic mass is 9.77. The summed E-state index contributed by atoms with van der Waals surface area (Å²) in [6, 6.07) is 0. The van der Waals surface area contributed by atoms with Crippen LogP contribution in [0.15, 0.2) is 0 Å². The van der Waals surface area contributed by atoms with Gasteiger partial charge in [0.25, 0.3) is 0 Å². The standard InChI is InChI=1S/C13H23N/c1-6-12(3,4)14-10-8-13(5,7-2)9-11-14/h1H,7-11H2,2-5H3. The molecule has 0 amide bonds. The zero-order valence-corrected chi connectivity index (χ0v) is 10.1. The largest absolute Gasteiger partial charge is 0.288 e. The summed E-state index contributed by atoms with van der Waals surface area (Å²) in [4.78, 5) is 2.43. The fourth-order valence-corrected chi connectivity index (χ4v) is 2.05. The van der Waals surface area contributed by atoms with E-state index in [4.69, 9.17) is 6.42 Å². The Labute approximate surface area is 88.9 Å². The van der Waals surface area contributed by atoms with Gasteiger partial charge < -0.3 is 0 Å². The van der Waals surface area contributed by atoms with Crippen LogP contribution in [-0.4, -0.2) is 23.5 Å². The molecule has 0 aliphatic carbocycles. The van der Waals surface area contributed by atoms with E-state index >= 15 is 0 Å². The number of hydrogen-bond donors (Lipinski definition) is 0. The molecule has 1 rings (SSSR count). The van der Waals surface area contributed by atoms with E-state index in [9.17, 15) is 0 Å². The zero-order valence-electron chi connectivity index (χ0n) is 10.1. The summed E-state index contributed by atoms with van der Waals surface area (Å²) in [5.74, 6) is 2.88. The number of nitrogens with zero attached hydrogens (tertiary/aromatic N) is 1. The van der Waals surface area contributed by atoms with Crippen LogP contribution in [0.3, 0.4) is 0 Å². The normalized spacial score (nSPS) is 23.1. The Kier molecular flexibility index (Phi) is 3.27. The van der Waals surface area contributed by atoms with Gasteiger partial charge >= 0.3 is 0 Å². The lowest BCUT2D eigenvalue weighted by Gasteiger charge is -2.44. The van der Waals surface area contributed by atoms with Crippen molar-refractivity contribution in [3.8, 4) is 12.3 Å². The molecule has 0 N–H and O–H groups in total. The molecule has 0 saturated carbocycles. The first-order valence-corrected chi connectivity index (χ1v) is 5.66. The second-order valence-electron chi connectivity index (χ2n) is 5.35. The Morgan fingerprint density at radius 3 is 2.21 bits per heavy atom. The average molecular weight is 193 g/mol. The average Bonchev–Trinajstić information content (AvgIpc) is 2.19. The minimum Gasteiger partial charge on any atom is -0.288 e. The molecule has 14 heavy (non-hydrogen) atoms. The van der Waals surface area contributed by atoms with E-state index in [1.807, 2.05) is 0 Å². The maximum Gasteiger partial charge on any atom is 0.0766 e. The van der Waals surface area contributed by atoms with E-state index < -0.39 is 0 Å². The van der Waals surface area contributed by atoms with Crippen LogP contribution in [0.4, 0.5) is 0 Å². The van der Waals surface area contributed by atoms with Gasteiger partial charge in [0, 0.05) is 13.1 Å². The highest BCUT2D eigenvalue weighted by Crippen LogP contribution is 2.35. The lowest BCUT2D eigenvalue weighted by Crippen LogP contribution is -2.49. The van der Waals surface area contributed by atoms with Crippen LogP contribution in [-0.2, 0) is 0 Å². The summed E-state index contributed by atoms with van der Waals surface area (Å²) < 4.78 is 0. The SMILES string of the molecule is C#CC(C)(C)N1CCC(C)(CC)CC1. The van der Waals surface area contributed by atoms with Gasteiger partial charge in [0.05, 0.1) is 5.54 Å². The molecule has 0 aromatic carbocycles. The summed E-state index contributed by atoms with van der Waals surface area (Å²) in [7, 11) is 0. The van der Waals surface area contributed by atoms with Crippen LogP contribution in [0.1, 0.15) is 47.0 Å². The Bertz CT molecular complexity index is 226. The van der Waals surface area contributed by atoms with Crippen molar-refractivity contribution in [1.29, 1.82) is 0 Å². The maximum absolute atomic E-state index is 5.55. The smallest absolute Gasteiger partial charge is 0.0766 e. The molecule has 1 heteroatoms. The van der Waals surface area contributed by atoms with Crippen molar-refractivity contribution in [3.05, 3.63) is 0 Å². The van der Waals surface area contributed by atoms with Gasteiger partial charge in [0.2, 0.25) is 0 Å². The third-order valence-electron chi connectivity index (χ3n) is 3.97. The topological polar surface area (TPSA) is 3.24 Å². The van der Waals surface area contributed by atoms with Crippen LogP contribution in [0.2, 0.25) is 0 Å². The molecule has 0 spiro atoms. The van der Waals surface area contributed by atoms with Crippen LogP contribution >= 0.6 is 0 Å². The van der Waals surface area contributed by atoms with E-state index in [-0.39, 0.29) is 5.54 Å². The highest BCUT2D eigenvalue weighted by atomic mass is 15.2. The molecule has 1 nitrogen and oxygen atoms in total. The van der Waals surface area contributed by atoms with Crippen LogP contribution in [0, 0.1) is 17.8 Å². The second kappa shape index (κ2) is 3.95. The Morgan fingerprint density at radius 2 is 1.86 bits per heavy atom. The molecule has 1 aliphatic heterocycles. The van der Waals surface area contributed by atoms with Crippen molar-refractivity contribution in [2.75, 3.05) is 13.1 Å². The number of rotatable bonds is 2. The van der Waals surface area contributed by atoms with E-state index in [0.29, 0.717) is 5.41 Å². The second-order valence-corrected chi connectivity index (χ2v) is 5.35. The predicted octanol–water partition coefficient (Wildman–Crippen LogP) is 2.91. The van der Waals surface area contributed by atoms with Crippen LogP contribution in [0.25, 0.3) is 0 Å². The van der Waals surface area contributed by atoms with Crippen molar-refractivity contribution < 1.29 is 0 Å². The highest BCUT2D eigenvalue weighted by Gasteiger charge is 2.33. The molecule has 1 aliphatic rings. The van der Waals surface area contributed by atoms with E-state index in [2.05, 4.69) is 38.5 Å². The fourth-order valence-electron chi connectivity index (χ4n) is 2.05. The van der Waals surface area contributed by atoms with Crippen molar-refractivity contribution in [2.24, 2.45) is 5.41 Å². The summed E-state index contributed by atoms with van der Waals surface area (Å²) >= 11 is 0. The fraction of sp³-hybridized carbons (Fsp3) is 0.846. The molecule has 1 saturated heterocycles. The first kappa shape index (κ1) is 11.6. The van der Waals surface area contributed by atoms with Crippen molar-refractivity contribution in [2.45, 2.75) is 52.5 Å². The minimum atomic E-state index is -0.0604. The quantitative estimate of drug-likeness (QED) is 0.610. The van der Waals surface area contributed by atoms with Crippen molar-refractivity contribution in [3.63, 3.8) is 0 Å².